The second kappa shape index (κ2) is 18.5. The van der Waals surface area contributed by atoms with Crippen LogP contribution in [0.3, 0.4) is 0 Å². The molecule has 0 saturated carbocycles. The van der Waals surface area contributed by atoms with Gasteiger partial charge in [0.05, 0.1) is 19.8 Å². The molecule has 0 aliphatic rings. The van der Waals surface area contributed by atoms with Gasteiger partial charge >= 0.3 is 6.18 Å². The number of hydrogen-bond donors (Lipinski definition) is 2. The Hall–Kier alpha value is -0.330. The Morgan fingerprint density at radius 2 is 1.48 bits per heavy atom. The van der Waals surface area contributed by atoms with E-state index in [0.29, 0.717) is 45.3 Å². The summed E-state index contributed by atoms with van der Waals surface area (Å²) in [6.45, 7) is 4.43. The highest BCUT2D eigenvalue weighted by Gasteiger charge is 2.27. The number of nitrogens with one attached hydrogen (secondary N) is 2. The maximum absolute atomic E-state index is 11.9. The van der Waals surface area contributed by atoms with Crippen LogP contribution in [0.25, 0.3) is 0 Å². The van der Waals surface area contributed by atoms with Crippen molar-refractivity contribution in [2.75, 3.05) is 59.8 Å². The highest BCUT2D eigenvalue weighted by molar-refractivity contribution is 14.0. The Labute approximate surface area is 165 Å². The molecule has 0 aliphatic heterocycles. The number of halogens is 4. The maximum atomic E-state index is 11.9. The lowest BCUT2D eigenvalue weighted by Gasteiger charge is -2.12. The van der Waals surface area contributed by atoms with E-state index in [-0.39, 0.29) is 30.6 Å². The first kappa shape index (κ1) is 26.9. The van der Waals surface area contributed by atoms with E-state index in [9.17, 15) is 13.2 Å². The Kier molecular flexibility index (Phi) is 19.9. The van der Waals surface area contributed by atoms with Gasteiger partial charge in [-0.3, -0.25) is 4.99 Å². The average molecular weight is 485 g/mol. The lowest BCUT2D eigenvalue weighted by Crippen LogP contribution is -2.39. The molecular weight excluding hydrogens is 454 g/mol. The Bertz CT molecular complexity index is 322. The Balaban J connectivity index is 0. The van der Waals surface area contributed by atoms with Crippen molar-refractivity contribution in [3.8, 4) is 0 Å². The number of alkyl halides is 3. The van der Waals surface area contributed by atoms with Crippen molar-refractivity contribution in [2.45, 2.75) is 32.4 Å². The molecule has 0 atom stereocenters. The molecule has 0 aromatic carbocycles. The van der Waals surface area contributed by atoms with E-state index in [4.69, 9.17) is 9.47 Å². The minimum Gasteiger partial charge on any atom is -0.379 e. The monoisotopic (exact) mass is 485 g/mol. The topological polar surface area (TPSA) is 64.1 Å². The molecule has 0 saturated heterocycles. The zero-order valence-electron chi connectivity index (χ0n) is 15.0. The smallest absolute Gasteiger partial charge is 0.379 e. The predicted octanol–water partition coefficient (Wildman–Crippen LogP) is 2.57. The van der Waals surface area contributed by atoms with Crippen LogP contribution >= 0.6 is 24.0 Å². The standard InChI is InChI=1S/C15H30F3N3O3.HI/c1-3-4-8-22-11-12-23-10-7-21-14(19-2)20-6-5-9-24-13-15(16,17)18;/h3-13H2,1-2H3,(H2,19,20,21);1H. The van der Waals surface area contributed by atoms with Crippen LogP contribution in [-0.2, 0) is 14.2 Å². The highest BCUT2D eigenvalue weighted by Crippen LogP contribution is 2.14. The number of ether oxygens (including phenoxy) is 3. The largest absolute Gasteiger partial charge is 0.411 e. The van der Waals surface area contributed by atoms with E-state index in [1.165, 1.54) is 0 Å². The fourth-order valence-electron chi connectivity index (χ4n) is 1.60. The third-order valence-electron chi connectivity index (χ3n) is 2.80. The van der Waals surface area contributed by atoms with Crippen molar-refractivity contribution in [3.05, 3.63) is 0 Å². The van der Waals surface area contributed by atoms with Crippen LogP contribution in [0.4, 0.5) is 13.2 Å². The van der Waals surface area contributed by atoms with Gasteiger partial charge in [0.25, 0.3) is 0 Å². The van der Waals surface area contributed by atoms with Crippen LogP contribution in [0.15, 0.2) is 4.99 Å². The molecule has 25 heavy (non-hydrogen) atoms. The lowest BCUT2D eigenvalue weighted by atomic mass is 10.4. The van der Waals surface area contributed by atoms with Gasteiger partial charge in [0, 0.05) is 33.4 Å². The van der Waals surface area contributed by atoms with E-state index in [1.807, 2.05) is 0 Å². The minimum absolute atomic E-state index is 0. The quantitative estimate of drug-likeness (QED) is 0.172. The first-order valence-corrected chi connectivity index (χ1v) is 8.24. The summed E-state index contributed by atoms with van der Waals surface area (Å²) >= 11 is 0. The molecule has 0 radical (unpaired) electrons. The van der Waals surface area contributed by atoms with Gasteiger partial charge in [-0.2, -0.15) is 13.2 Å². The van der Waals surface area contributed by atoms with Gasteiger partial charge in [-0.25, -0.2) is 0 Å². The Morgan fingerprint density at radius 3 is 2.08 bits per heavy atom. The van der Waals surface area contributed by atoms with Crippen LogP contribution in [0.2, 0.25) is 0 Å². The van der Waals surface area contributed by atoms with E-state index in [0.717, 1.165) is 19.4 Å². The fourth-order valence-corrected chi connectivity index (χ4v) is 1.60. The van der Waals surface area contributed by atoms with Crippen LogP contribution in [-0.4, -0.2) is 71.9 Å². The molecule has 0 bridgehead atoms. The molecule has 2 N–H and O–H groups in total. The van der Waals surface area contributed by atoms with Gasteiger partial charge < -0.3 is 24.8 Å². The van der Waals surface area contributed by atoms with Crippen LogP contribution in [0, 0.1) is 0 Å². The molecule has 0 rings (SSSR count). The van der Waals surface area contributed by atoms with Crippen LogP contribution in [0.5, 0.6) is 0 Å². The van der Waals surface area contributed by atoms with Crippen molar-refractivity contribution < 1.29 is 27.4 Å². The molecule has 152 valence electrons. The minimum atomic E-state index is -4.27. The van der Waals surface area contributed by atoms with Gasteiger partial charge in [-0.15, -0.1) is 24.0 Å². The summed E-state index contributed by atoms with van der Waals surface area (Å²) in [7, 11) is 1.62. The maximum Gasteiger partial charge on any atom is 0.411 e. The molecular formula is C15H31F3IN3O3. The summed E-state index contributed by atoms with van der Waals surface area (Å²) in [5.74, 6) is 0.577. The van der Waals surface area contributed by atoms with E-state index in [1.54, 1.807) is 7.05 Å². The summed E-state index contributed by atoms with van der Waals surface area (Å²) in [6, 6.07) is 0. The molecule has 6 nitrogen and oxygen atoms in total. The lowest BCUT2D eigenvalue weighted by molar-refractivity contribution is -0.173. The van der Waals surface area contributed by atoms with E-state index >= 15 is 0 Å². The molecule has 0 aromatic heterocycles. The molecule has 0 heterocycles. The summed E-state index contributed by atoms with van der Waals surface area (Å²) in [5.41, 5.74) is 0. The predicted molar refractivity (Wildman–Crippen MR) is 103 cm³/mol. The fraction of sp³-hybridized carbons (Fsp3) is 0.933. The zero-order chi connectivity index (χ0) is 18.1. The molecule has 10 heteroatoms. The summed E-state index contributed by atoms with van der Waals surface area (Å²) < 4.78 is 50.9. The number of aliphatic imine (C=N–C) groups is 1. The normalized spacial score (nSPS) is 12.0. The number of nitrogens with zero attached hydrogens (tertiary/aromatic N) is 1. The molecule has 0 spiro atoms. The SMILES string of the molecule is CCCCOCCOCCNC(=NC)NCCCOCC(F)(F)F.I. The molecule has 0 fully saturated rings. The van der Waals surface area contributed by atoms with Crippen molar-refractivity contribution in [1.82, 2.24) is 10.6 Å². The van der Waals surface area contributed by atoms with Gasteiger partial charge in [0.1, 0.15) is 6.61 Å². The van der Waals surface area contributed by atoms with E-state index in [2.05, 4.69) is 27.3 Å². The molecule has 0 aliphatic carbocycles. The van der Waals surface area contributed by atoms with Crippen LogP contribution in [0.1, 0.15) is 26.2 Å². The number of rotatable bonds is 14. The van der Waals surface area contributed by atoms with Crippen molar-refractivity contribution >= 4 is 29.9 Å². The summed E-state index contributed by atoms with van der Waals surface area (Å²) in [6.07, 6.45) is -1.63. The zero-order valence-corrected chi connectivity index (χ0v) is 17.3. The van der Waals surface area contributed by atoms with Crippen molar-refractivity contribution in [2.24, 2.45) is 4.99 Å². The van der Waals surface area contributed by atoms with Gasteiger partial charge in [0.15, 0.2) is 5.96 Å². The van der Waals surface area contributed by atoms with Gasteiger partial charge in [-0.05, 0) is 12.8 Å². The molecule has 0 unspecified atom stereocenters. The average Bonchev–Trinajstić information content (AvgIpc) is 2.53. The second-order valence-corrected chi connectivity index (χ2v) is 5.03. The van der Waals surface area contributed by atoms with Crippen molar-refractivity contribution in [3.63, 3.8) is 0 Å². The highest BCUT2D eigenvalue weighted by atomic mass is 127. The molecule has 0 amide bonds. The third-order valence-corrected chi connectivity index (χ3v) is 2.80. The first-order valence-electron chi connectivity index (χ1n) is 8.24. The van der Waals surface area contributed by atoms with Gasteiger partial charge in [-0.1, -0.05) is 13.3 Å². The third kappa shape index (κ3) is 21.6. The van der Waals surface area contributed by atoms with Gasteiger partial charge in [0.2, 0.25) is 0 Å². The van der Waals surface area contributed by atoms with Crippen LogP contribution < -0.4 is 10.6 Å². The van der Waals surface area contributed by atoms with Crippen molar-refractivity contribution in [1.29, 1.82) is 0 Å². The second-order valence-electron chi connectivity index (χ2n) is 5.03. The summed E-state index contributed by atoms with van der Waals surface area (Å²) in [4.78, 5) is 4.01. The molecule has 0 aromatic rings. The van der Waals surface area contributed by atoms with E-state index < -0.39 is 12.8 Å². The Morgan fingerprint density at radius 1 is 0.880 bits per heavy atom. The number of hydrogen-bond acceptors (Lipinski definition) is 4. The first-order chi connectivity index (χ1) is 11.5. The number of unbranched alkanes of at least 4 members (excludes halogenated alkanes) is 1. The number of guanidine groups is 1. The summed E-state index contributed by atoms with van der Waals surface area (Å²) in [5, 5.41) is 6.04.